The second kappa shape index (κ2) is 7.65. The van der Waals surface area contributed by atoms with Gasteiger partial charge in [0.1, 0.15) is 5.75 Å². The highest BCUT2D eigenvalue weighted by molar-refractivity contribution is 6.42. The van der Waals surface area contributed by atoms with Crippen LogP contribution in [0, 0.1) is 5.92 Å². The van der Waals surface area contributed by atoms with E-state index < -0.39 is 0 Å². The molecule has 2 N–H and O–H groups in total. The van der Waals surface area contributed by atoms with Gasteiger partial charge in [0.2, 0.25) is 0 Å². The van der Waals surface area contributed by atoms with Crippen LogP contribution in [0.1, 0.15) is 18.4 Å². The van der Waals surface area contributed by atoms with Gasteiger partial charge in [-0.3, -0.25) is 4.90 Å². The zero-order chi connectivity index (χ0) is 15.4. The SMILES string of the molecule is COc1cc(Cl)c(Cl)cc1CN1CCC(CO)CC1CO. The molecule has 1 fully saturated rings. The van der Waals surface area contributed by atoms with Crippen LogP contribution in [0.25, 0.3) is 0 Å². The number of nitrogens with zero attached hydrogens (tertiary/aromatic N) is 1. The molecular formula is C15H21Cl2NO3. The first-order valence-electron chi connectivity index (χ1n) is 7.06. The Balaban J connectivity index is 2.15. The summed E-state index contributed by atoms with van der Waals surface area (Å²) in [6.45, 7) is 1.74. The van der Waals surface area contributed by atoms with Crippen LogP contribution in [0.2, 0.25) is 10.0 Å². The summed E-state index contributed by atoms with van der Waals surface area (Å²) >= 11 is 12.1. The number of aliphatic hydroxyl groups excluding tert-OH is 2. The fourth-order valence-corrected chi connectivity index (χ4v) is 3.19. The highest BCUT2D eigenvalue weighted by atomic mass is 35.5. The minimum Gasteiger partial charge on any atom is -0.496 e. The minimum atomic E-state index is 0.0510. The molecule has 4 nitrogen and oxygen atoms in total. The lowest BCUT2D eigenvalue weighted by Gasteiger charge is -2.38. The predicted octanol–water partition coefficient (Wildman–Crippen LogP) is 2.57. The van der Waals surface area contributed by atoms with E-state index in [1.807, 2.05) is 6.07 Å². The van der Waals surface area contributed by atoms with Crippen LogP contribution in [0.4, 0.5) is 0 Å². The van der Waals surface area contributed by atoms with Gasteiger partial charge in [0, 0.05) is 30.8 Å². The van der Waals surface area contributed by atoms with E-state index in [0.717, 1.165) is 24.9 Å². The second-order valence-electron chi connectivity index (χ2n) is 5.46. The zero-order valence-electron chi connectivity index (χ0n) is 12.1. The third kappa shape index (κ3) is 4.02. The van der Waals surface area contributed by atoms with Crippen molar-refractivity contribution in [2.75, 3.05) is 26.9 Å². The zero-order valence-corrected chi connectivity index (χ0v) is 13.6. The van der Waals surface area contributed by atoms with Gasteiger partial charge in [0.05, 0.1) is 23.8 Å². The molecule has 0 amide bonds. The molecule has 0 aromatic heterocycles. The third-order valence-corrected chi connectivity index (χ3v) is 4.83. The maximum Gasteiger partial charge on any atom is 0.124 e. The molecule has 1 heterocycles. The fraction of sp³-hybridized carbons (Fsp3) is 0.600. The molecule has 0 spiro atoms. The largest absolute Gasteiger partial charge is 0.496 e. The van der Waals surface area contributed by atoms with Crippen molar-refractivity contribution in [3.8, 4) is 5.75 Å². The van der Waals surface area contributed by atoms with Crippen LogP contribution in [0.5, 0.6) is 5.75 Å². The molecule has 1 aliphatic rings. The van der Waals surface area contributed by atoms with Crippen molar-refractivity contribution in [3.05, 3.63) is 27.7 Å². The van der Waals surface area contributed by atoms with E-state index in [-0.39, 0.29) is 25.2 Å². The van der Waals surface area contributed by atoms with Gasteiger partial charge in [-0.2, -0.15) is 0 Å². The molecule has 0 aliphatic carbocycles. The first-order valence-corrected chi connectivity index (χ1v) is 7.82. The molecule has 6 heteroatoms. The molecule has 0 saturated carbocycles. The van der Waals surface area contributed by atoms with Crippen molar-refractivity contribution in [1.29, 1.82) is 0 Å². The number of halogens is 2. The average Bonchev–Trinajstić information content (AvgIpc) is 2.50. The monoisotopic (exact) mass is 333 g/mol. The standard InChI is InChI=1S/C15H21Cl2NO3/c1-21-15-6-14(17)13(16)5-11(15)7-18-3-2-10(8-19)4-12(18)9-20/h5-6,10,12,19-20H,2-4,7-9H2,1H3. The van der Waals surface area contributed by atoms with Crippen LogP contribution >= 0.6 is 23.2 Å². The molecule has 0 bridgehead atoms. The number of rotatable bonds is 5. The first kappa shape index (κ1) is 16.8. The summed E-state index contributed by atoms with van der Waals surface area (Å²) in [7, 11) is 1.60. The summed E-state index contributed by atoms with van der Waals surface area (Å²) < 4.78 is 5.36. The number of aliphatic hydroxyl groups is 2. The van der Waals surface area contributed by atoms with E-state index in [1.165, 1.54) is 0 Å². The van der Waals surface area contributed by atoms with E-state index in [1.54, 1.807) is 13.2 Å². The topological polar surface area (TPSA) is 52.9 Å². The quantitative estimate of drug-likeness (QED) is 0.869. The van der Waals surface area contributed by atoms with Gasteiger partial charge in [-0.1, -0.05) is 23.2 Å². The van der Waals surface area contributed by atoms with Gasteiger partial charge in [-0.25, -0.2) is 0 Å². The lowest BCUT2D eigenvalue weighted by Crippen LogP contribution is -2.44. The van der Waals surface area contributed by atoms with Gasteiger partial charge in [0.25, 0.3) is 0 Å². The molecule has 2 rings (SSSR count). The van der Waals surface area contributed by atoms with Crippen LogP contribution in [-0.2, 0) is 6.54 Å². The Morgan fingerprint density at radius 3 is 2.57 bits per heavy atom. The number of benzene rings is 1. The number of piperidine rings is 1. The van der Waals surface area contributed by atoms with E-state index in [0.29, 0.717) is 22.3 Å². The van der Waals surface area contributed by atoms with E-state index in [4.69, 9.17) is 27.9 Å². The summed E-state index contributed by atoms with van der Waals surface area (Å²) in [6.07, 6.45) is 1.73. The van der Waals surface area contributed by atoms with Crippen LogP contribution in [0.15, 0.2) is 12.1 Å². The molecule has 1 saturated heterocycles. The van der Waals surface area contributed by atoms with Gasteiger partial charge in [0.15, 0.2) is 0 Å². The van der Waals surface area contributed by atoms with Gasteiger partial charge < -0.3 is 14.9 Å². The normalized spacial score (nSPS) is 23.3. The summed E-state index contributed by atoms with van der Waals surface area (Å²) in [5, 5.41) is 19.8. The lowest BCUT2D eigenvalue weighted by molar-refractivity contribution is 0.0412. The third-order valence-electron chi connectivity index (χ3n) is 4.11. The van der Waals surface area contributed by atoms with Crippen molar-refractivity contribution in [1.82, 2.24) is 4.90 Å². The molecule has 2 unspecified atom stereocenters. The molecule has 118 valence electrons. The van der Waals surface area contributed by atoms with Crippen molar-refractivity contribution in [2.45, 2.75) is 25.4 Å². The van der Waals surface area contributed by atoms with Crippen LogP contribution in [-0.4, -0.2) is 48.0 Å². The Bertz CT molecular complexity index is 484. The predicted molar refractivity (Wildman–Crippen MR) is 84.1 cm³/mol. The Kier molecular flexibility index (Phi) is 6.14. The van der Waals surface area contributed by atoms with Crippen LogP contribution < -0.4 is 4.74 Å². The maximum absolute atomic E-state index is 9.58. The van der Waals surface area contributed by atoms with E-state index in [2.05, 4.69) is 4.90 Å². The summed E-state index contributed by atoms with van der Waals surface area (Å²) in [5.74, 6) is 0.972. The summed E-state index contributed by atoms with van der Waals surface area (Å²) in [6, 6.07) is 3.58. The highest BCUT2D eigenvalue weighted by Gasteiger charge is 2.28. The summed E-state index contributed by atoms with van der Waals surface area (Å²) in [5.41, 5.74) is 0.952. The molecular weight excluding hydrogens is 313 g/mol. The molecule has 1 aliphatic heterocycles. The Morgan fingerprint density at radius 1 is 1.24 bits per heavy atom. The Morgan fingerprint density at radius 2 is 1.95 bits per heavy atom. The van der Waals surface area contributed by atoms with Crippen molar-refractivity contribution < 1.29 is 14.9 Å². The number of ether oxygens (including phenoxy) is 1. The molecule has 21 heavy (non-hydrogen) atoms. The number of methoxy groups -OCH3 is 1. The fourth-order valence-electron chi connectivity index (χ4n) is 2.85. The number of likely N-dealkylation sites (tertiary alicyclic amines) is 1. The number of hydrogen-bond donors (Lipinski definition) is 2. The molecule has 1 aromatic rings. The number of hydrogen-bond acceptors (Lipinski definition) is 4. The molecule has 2 atom stereocenters. The van der Waals surface area contributed by atoms with E-state index >= 15 is 0 Å². The van der Waals surface area contributed by atoms with Crippen molar-refractivity contribution in [2.24, 2.45) is 5.92 Å². The Hall–Kier alpha value is -0.520. The van der Waals surface area contributed by atoms with Gasteiger partial charge in [-0.05, 0) is 31.4 Å². The Labute approximate surface area is 135 Å². The van der Waals surface area contributed by atoms with E-state index in [9.17, 15) is 10.2 Å². The molecule has 1 aromatic carbocycles. The summed E-state index contributed by atoms with van der Waals surface area (Å²) in [4.78, 5) is 2.20. The van der Waals surface area contributed by atoms with Crippen molar-refractivity contribution >= 4 is 23.2 Å². The minimum absolute atomic E-state index is 0.0510. The molecule has 0 radical (unpaired) electrons. The highest BCUT2D eigenvalue weighted by Crippen LogP contribution is 2.33. The van der Waals surface area contributed by atoms with Gasteiger partial charge >= 0.3 is 0 Å². The lowest BCUT2D eigenvalue weighted by atomic mass is 9.91. The van der Waals surface area contributed by atoms with Gasteiger partial charge in [-0.15, -0.1) is 0 Å². The second-order valence-corrected chi connectivity index (χ2v) is 6.27. The van der Waals surface area contributed by atoms with Crippen molar-refractivity contribution in [3.63, 3.8) is 0 Å². The van der Waals surface area contributed by atoms with Crippen LogP contribution in [0.3, 0.4) is 0 Å². The average molecular weight is 334 g/mol. The maximum atomic E-state index is 9.58. The smallest absolute Gasteiger partial charge is 0.124 e. The first-order chi connectivity index (χ1) is 10.1.